The zero-order chi connectivity index (χ0) is 25.6. The quantitative estimate of drug-likeness (QED) is 0.401. The summed E-state index contributed by atoms with van der Waals surface area (Å²) in [6, 6.07) is 3.69. The first kappa shape index (κ1) is 25.8. The second-order valence-electron chi connectivity index (χ2n) is 14.5. The minimum absolute atomic E-state index is 0.409. The molecule has 4 aliphatic carbocycles. The largest absolute Gasteiger partial charge is 0.301 e. The Morgan fingerprint density at radius 1 is 0.447 bits per heavy atom. The topological polar surface area (TPSA) is 43.2 Å². The summed E-state index contributed by atoms with van der Waals surface area (Å²) >= 11 is 0. The number of piperidine rings is 1. The average molecular weight is 522 g/mol. The van der Waals surface area contributed by atoms with E-state index in [0.717, 1.165) is 47.8 Å². The SMILES string of the molecule is C/C(=N\N1C2CCCCC2C2CCCCC21)C1CCCC(/C(C)=N/N2C3CCCCC3C3CCCCC32)N1. The fourth-order valence-electron chi connectivity index (χ4n) is 10.8. The van der Waals surface area contributed by atoms with Gasteiger partial charge >= 0.3 is 0 Å². The van der Waals surface area contributed by atoms with E-state index in [1.165, 1.54) is 133 Å². The highest BCUT2D eigenvalue weighted by atomic mass is 15.5. The third-order valence-corrected chi connectivity index (χ3v) is 12.5. The van der Waals surface area contributed by atoms with Gasteiger partial charge in [-0.3, -0.25) is 10.0 Å². The summed E-state index contributed by atoms with van der Waals surface area (Å²) < 4.78 is 0. The highest BCUT2D eigenvalue weighted by molar-refractivity contribution is 5.91. The highest BCUT2D eigenvalue weighted by Crippen LogP contribution is 2.50. The molecule has 5 nitrogen and oxygen atoms in total. The molecule has 0 aromatic rings. The van der Waals surface area contributed by atoms with Gasteiger partial charge in [0, 0.05) is 12.1 Å². The van der Waals surface area contributed by atoms with Gasteiger partial charge in [-0.2, -0.15) is 10.2 Å². The molecule has 7 rings (SSSR count). The number of rotatable bonds is 4. The van der Waals surface area contributed by atoms with Gasteiger partial charge in [-0.25, -0.2) is 0 Å². The number of hydrazone groups is 2. The molecule has 10 atom stereocenters. The molecule has 1 N–H and O–H groups in total. The standard InChI is InChI=1S/C33H55N5/c1-22(35-37-30-18-7-3-12-24(30)25-13-4-8-19-31(25)37)28-16-11-17-29(34-28)23(2)36-38-32-20-9-5-14-26(32)27-15-6-10-21-33(27)38/h24-34H,3-21H2,1-2H3/b35-22+,36-23+. The van der Waals surface area contributed by atoms with Gasteiger partial charge in [-0.05, 0) is 108 Å². The van der Waals surface area contributed by atoms with Crippen molar-refractivity contribution >= 4 is 11.4 Å². The first-order chi connectivity index (χ1) is 18.7. The summed E-state index contributed by atoms with van der Waals surface area (Å²) in [6.45, 7) is 4.67. The Kier molecular flexibility index (Phi) is 7.52. The van der Waals surface area contributed by atoms with Crippen molar-refractivity contribution in [3.63, 3.8) is 0 Å². The molecule has 212 valence electrons. The fraction of sp³-hybridized carbons (Fsp3) is 0.939. The van der Waals surface area contributed by atoms with Crippen LogP contribution in [0.5, 0.6) is 0 Å². The van der Waals surface area contributed by atoms with Crippen LogP contribution in [0.25, 0.3) is 0 Å². The maximum absolute atomic E-state index is 5.51. The van der Waals surface area contributed by atoms with Gasteiger partial charge in [0.2, 0.25) is 0 Å². The molecule has 0 aromatic carbocycles. The van der Waals surface area contributed by atoms with Gasteiger partial charge in [0.15, 0.2) is 0 Å². The van der Waals surface area contributed by atoms with Crippen molar-refractivity contribution in [2.45, 2.75) is 172 Å². The maximum Gasteiger partial charge on any atom is 0.0519 e. The molecule has 38 heavy (non-hydrogen) atoms. The van der Waals surface area contributed by atoms with Crippen LogP contribution in [-0.2, 0) is 0 Å². The second-order valence-corrected chi connectivity index (χ2v) is 14.5. The lowest BCUT2D eigenvalue weighted by Gasteiger charge is -2.37. The summed E-state index contributed by atoms with van der Waals surface area (Å²) in [6.07, 6.45) is 26.5. The van der Waals surface area contributed by atoms with Crippen LogP contribution >= 0.6 is 0 Å². The monoisotopic (exact) mass is 521 g/mol. The van der Waals surface area contributed by atoms with E-state index in [4.69, 9.17) is 10.2 Å². The predicted octanol–water partition coefficient (Wildman–Crippen LogP) is 7.12. The van der Waals surface area contributed by atoms with Gasteiger partial charge in [-0.1, -0.05) is 51.4 Å². The molecule has 4 saturated carbocycles. The first-order valence-corrected chi connectivity index (χ1v) is 17.1. The van der Waals surface area contributed by atoms with Crippen LogP contribution in [0.4, 0.5) is 0 Å². The van der Waals surface area contributed by atoms with E-state index in [1.54, 1.807) is 0 Å². The number of nitrogens with one attached hydrogen (secondary N) is 1. The van der Waals surface area contributed by atoms with E-state index < -0.39 is 0 Å². The van der Waals surface area contributed by atoms with E-state index in [1.807, 2.05) is 0 Å². The molecule has 10 unspecified atom stereocenters. The van der Waals surface area contributed by atoms with Crippen molar-refractivity contribution in [2.75, 3.05) is 0 Å². The van der Waals surface area contributed by atoms with Crippen LogP contribution in [0, 0.1) is 23.7 Å². The summed E-state index contributed by atoms with van der Waals surface area (Å²) in [5.74, 6) is 3.67. The summed E-state index contributed by atoms with van der Waals surface area (Å²) in [5.41, 5.74) is 2.69. The van der Waals surface area contributed by atoms with Crippen molar-refractivity contribution in [2.24, 2.45) is 33.9 Å². The van der Waals surface area contributed by atoms with Gasteiger partial charge < -0.3 is 5.32 Å². The maximum atomic E-state index is 5.51. The number of fused-ring (bicyclic) bond motifs is 6. The Hall–Kier alpha value is -1.10. The number of hydrogen-bond donors (Lipinski definition) is 1. The highest BCUT2D eigenvalue weighted by Gasteiger charge is 2.51. The molecule has 7 fully saturated rings. The van der Waals surface area contributed by atoms with E-state index >= 15 is 0 Å². The van der Waals surface area contributed by atoms with Crippen LogP contribution in [0.3, 0.4) is 0 Å². The number of hydrogen-bond acceptors (Lipinski definition) is 5. The molecule has 7 aliphatic rings. The summed E-state index contributed by atoms with van der Waals surface area (Å²) in [4.78, 5) is 0. The van der Waals surface area contributed by atoms with Gasteiger partial charge in [0.25, 0.3) is 0 Å². The summed E-state index contributed by atoms with van der Waals surface area (Å²) in [7, 11) is 0. The van der Waals surface area contributed by atoms with Crippen molar-refractivity contribution in [3.05, 3.63) is 0 Å². The van der Waals surface area contributed by atoms with Gasteiger partial charge in [0.1, 0.15) is 0 Å². The zero-order valence-electron chi connectivity index (χ0n) is 24.5. The predicted molar refractivity (Wildman–Crippen MR) is 157 cm³/mol. The Balaban J connectivity index is 1.06. The Bertz CT molecular complexity index is 784. The van der Waals surface area contributed by atoms with E-state index in [0.29, 0.717) is 12.1 Å². The molecular formula is C33H55N5. The molecule has 0 bridgehead atoms. The lowest BCUT2D eigenvalue weighted by Crippen LogP contribution is -2.50. The van der Waals surface area contributed by atoms with Crippen LogP contribution in [0.1, 0.15) is 136 Å². The molecule has 0 spiro atoms. The second kappa shape index (κ2) is 11.1. The Morgan fingerprint density at radius 2 is 0.763 bits per heavy atom. The molecule has 5 heteroatoms. The van der Waals surface area contributed by atoms with Crippen LogP contribution in [0.15, 0.2) is 10.2 Å². The number of nitrogens with zero attached hydrogens (tertiary/aromatic N) is 4. The van der Waals surface area contributed by atoms with E-state index in [2.05, 4.69) is 29.2 Å². The van der Waals surface area contributed by atoms with Crippen molar-refractivity contribution in [3.8, 4) is 0 Å². The third kappa shape index (κ3) is 4.65. The van der Waals surface area contributed by atoms with Crippen molar-refractivity contribution in [1.82, 2.24) is 15.3 Å². The van der Waals surface area contributed by atoms with Crippen LogP contribution in [-0.4, -0.2) is 57.7 Å². The molecule has 3 heterocycles. The molecule has 0 aromatic heterocycles. The lowest BCUT2D eigenvalue weighted by atomic mass is 9.73. The fourth-order valence-corrected chi connectivity index (χ4v) is 10.8. The lowest BCUT2D eigenvalue weighted by molar-refractivity contribution is 0.143. The van der Waals surface area contributed by atoms with Gasteiger partial charge in [0.05, 0.1) is 35.6 Å². The summed E-state index contributed by atoms with van der Waals surface area (Å²) in [5, 5.41) is 20.4. The third-order valence-electron chi connectivity index (χ3n) is 12.5. The zero-order valence-corrected chi connectivity index (χ0v) is 24.5. The van der Waals surface area contributed by atoms with Crippen LogP contribution in [0.2, 0.25) is 0 Å². The normalized spacial score (nSPS) is 45.8. The van der Waals surface area contributed by atoms with Crippen LogP contribution < -0.4 is 5.32 Å². The van der Waals surface area contributed by atoms with Crippen molar-refractivity contribution < 1.29 is 0 Å². The molecule has 3 saturated heterocycles. The van der Waals surface area contributed by atoms with E-state index in [-0.39, 0.29) is 0 Å². The molecule has 0 radical (unpaired) electrons. The smallest absolute Gasteiger partial charge is 0.0519 e. The molecule has 3 aliphatic heterocycles. The molecular weight excluding hydrogens is 466 g/mol. The Labute approximate surface area is 232 Å². The van der Waals surface area contributed by atoms with E-state index in [9.17, 15) is 0 Å². The first-order valence-electron chi connectivity index (χ1n) is 17.1. The van der Waals surface area contributed by atoms with Crippen molar-refractivity contribution in [1.29, 1.82) is 0 Å². The van der Waals surface area contributed by atoms with Gasteiger partial charge in [-0.15, -0.1) is 0 Å². The Morgan fingerprint density at radius 3 is 1.11 bits per heavy atom. The molecule has 0 amide bonds. The minimum Gasteiger partial charge on any atom is -0.301 e. The minimum atomic E-state index is 0.409. The average Bonchev–Trinajstić information content (AvgIpc) is 3.46.